The summed E-state index contributed by atoms with van der Waals surface area (Å²) in [5, 5.41) is 16.3. The number of anilines is 1. The average molecular weight is 357 g/mol. The molecular formula is C19H23N3O4. The molecule has 3 N–H and O–H groups in total. The van der Waals surface area contributed by atoms with Crippen LogP contribution in [0.15, 0.2) is 24.3 Å². The van der Waals surface area contributed by atoms with Crippen LogP contribution in [0, 0.1) is 11.8 Å². The molecule has 3 aliphatic heterocycles. The second kappa shape index (κ2) is 5.89. The van der Waals surface area contributed by atoms with Gasteiger partial charge in [-0.2, -0.15) is 0 Å². The quantitative estimate of drug-likeness (QED) is 0.685. The van der Waals surface area contributed by atoms with Crippen LogP contribution in [0.25, 0.3) is 0 Å². The molecule has 4 rings (SSSR count). The van der Waals surface area contributed by atoms with E-state index in [1.807, 2.05) is 19.1 Å². The van der Waals surface area contributed by atoms with Crippen molar-refractivity contribution in [3.8, 4) is 0 Å². The van der Waals surface area contributed by atoms with Crippen molar-refractivity contribution >= 4 is 23.4 Å². The molecule has 0 radical (unpaired) electrons. The minimum atomic E-state index is -1.31. The van der Waals surface area contributed by atoms with Crippen LogP contribution in [0.1, 0.15) is 32.3 Å². The molecule has 0 unspecified atom stereocenters. The van der Waals surface area contributed by atoms with Gasteiger partial charge in [0.2, 0.25) is 17.7 Å². The fourth-order valence-electron chi connectivity index (χ4n) is 4.70. The standard InChI is InChI=1S/C19H23N3O4/c1-3-4-9-22-16(24)13-14(17(22)25)19(21-15(13)10(2)23)11-7-5-6-8-12(11)20-18(19)26/h5-8,10,13-15,21,23H,3-4,9H2,1-2H3,(H,20,26)/t10-,13-,14-,15-,19-/m0/s1. The van der Waals surface area contributed by atoms with E-state index in [0.717, 1.165) is 12.8 Å². The number of imide groups is 1. The van der Waals surface area contributed by atoms with Gasteiger partial charge in [-0.3, -0.25) is 24.6 Å². The number of unbranched alkanes of at least 4 members (excludes halogenated alkanes) is 1. The summed E-state index contributed by atoms with van der Waals surface area (Å²) in [6.07, 6.45) is 0.712. The lowest BCUT2D eigenvalue weighted by Crippen LogP contribution is -2.54. The van der Waals surface area contributed by atoms with E-state index in [4.69, 9.17) is 0 Å². The number of carbonyl (C=O) groups excluding carboxylic acids is 3. The molecule has 0 aromatic heterocycles. The number of hydrogen-bond acceptors (Lipinski definition) is 5. The predicted molar refractivity (Wildman–Crippen MR) is 94.0 cm³/mol. The van der Waals surface area contributed by atoms with E-state index >= 15 is 0 Å². The number of amides is 3. The Labute approximate surface area is 151 Å². The van der Waals surface area contributed by atoms with Crippen molar-refractivity contribution in [3.63, 3.8) is 0 Å². The monoisotopic (exact) mass is 357 g/mol. The first-order chi connectivity index (χ1) is 12.4. The Kier molecular flexibility index (Phi) is 3.89. The van der Waals surface area contributed by atoms with Crippen molar-refractivity contribution in [1.82, 2.24) is 10.2 Å². The second-order valence-electron chi connectivity index (χ2n) is 7.40. The van der Waals surface area contributed by atoms with Crippen LogP contribution in [0.3, 0.4) is 0 Å². The van der Waals surface area contributed by atoms with Gasteiger partial charge in [0.05, 0.1) is 17.9 Å². The molecular weight excluding hydrogens is 334 g/mol. The molecule has 0 aliphatic carbocycles. The molecule has 1 aromatic carbocycles. The van der Waals surface area contributed by atoms with Crippen molar-refractivity contribution in [3.05, 3.63) is 29.8 Å². The molecule has 26 heavy (non-hydrogen) atoms. The minimum Gasteiger partial charge on any atom is -0.392 e. The van der Waals surface area contributed by atoms with E-state index in [-0.39, 0.29) is 17.7 Å². The van der Waals surface area contributed by atoms with Gasteiger partial charge in [-0.1, -0.05) is 31.5 Å². The van der Waals surface area contributed by atoms with Gasteiger partial charge in [0.15, 0.2) is 0 Å². The molecule has 2 saturated heterocycles. The van der Waals surface area contributed by atoms with Crippen LogP contribution >= 0.6 is 0 Å². The van der Waals surface area contributed by atoms with E-state index in [0.29, 0.717) is 17.8 Å². The number of rotatable bonds is 4. The molecule has 3 aliphatic rings. The molecule has 0 saturated carbocycles. The summed E-state index contributed by atoms with van der Waals surface area (Å²) < 4.78 is 0. The number of hydrogen-bond donors (Lipinski definition) is 3. The highest BCUT2D eigenvalue weighted by atomic mass is 16.3. The van der Waals surface area contributed by atoms with Crippen molar-refractivity contribution in [1.29, 1.82) is 0 Å². The first kappa shape index (κ1) is 17.2. The number of fused-ring (bicyclic) bond motifs is 4. The number of nitrogens with zero attached hydrogens (tertiary/aromatic N) is 1. The van der Waals surface area contributed by atoms with Crippen molar-refractivity contribution in [2.45, 2.75) is 44.4 Å². The van der Waals surface area contributed by atoms with Crippen molar-refractivity contribution in [2.75, 3.05) is 11.9 Å². The zero-order chi connectivity index (χ0) is 18.6. The molecule has 2 fully saturated rings. The Balaban J connectivity index is 1.85. The minimum absolute atomic E-state index is 0.291. The summed E-state index contributed by atoms with van der Waals surface area (Å²) in [6, 6.07) is 6.55. The first-order valence-electron chi connectivity index (χ1n) is 9.15. The number of para-hydroxylation sites is 1. The summed E-state index contributed by atoms with van der Waals surface area (Å²) >= 11 is 0. The van der Waals surface area contributed by atoms with Gasteiger partial charge in [0.1, 0.15) is 5.54 Å². The van der Waals surface area contributed by atoms with Crippen LogP contribution in [0.4, 0.5) is 5.69 Å². The molecule has 7 heteroatoms. The van der Waals surface area contributed by atoms with Crippen LogP contribution in [-0.2, 0) is 19.9 Å². The normalized spacial score (nSPS) is 33.6. The molecule has 0 bridgehead atoms. The molecule has 3 heterocycles. The summed E-state index contributed by atoms with van der Waals surface area (Å²) in [6.45, 7) is 3.93. The van der Waals surface area contributed by atoms with Gasteiger partial charge in [0, 0.05) is 23.8 Å². The molecule has 1 spiro atoms. The number of aliphatic hydroxyl groups is 1. The topological polar surface area (TPSA) is 98.7 Å². The highest BCUT2D eigenvalue weighted by Gasteiger charge is 2.70. The van der Waals surface area contributed by atoms with E-state index in [1.54, 1.807) is 19.1 Å². The summed E-state index contributed by atoms with van der Waals surface area (Å²) in [5.41, 5.74) is 0.000255. The Morgan fingerprint density at radius 3 is 2.65 bits per heavy atom. The molecule has 7 nitrogen and oxygen atoms in total. The van der Waals surface area contributed by atoms with Gasteiger partial charge >= 0.3 is 0 Å². The molecule has 1 aromatic rings. The molecule has 3 amide bonds. The van der Waals surface area contributed by atoms with Crippen LogP contribution < -0.4 is 10.6 Å². The van der Waals surface area contributed by atoms with Crippen molar-refractivity contribution in [2.24, 2.45) is 11.8 Å². The van der Waals surface area contributed by atoms with Crippen LogP contribution in [0.5, 0.6) is 0 Å². The Bertz CT molecular complexity index is 793. The number of carbonyl (C=O) groups is 3. The number of aliphatic hydroxyl groups excluding tert-OH is 1. The number of benzene rings is 1. The average Bonchev–Trinajstić information content (AvgIpc) is 3.20. The highest BCUT2D eigenvalue weighted by molar-refractivity contribution is 6.15. The Morgan fingerprint density at radius 2 is 1.96 bits per heavy atom. The third-order valence-electron chi connectivity index (χ3n) is 5.90. The van der Waals surface area contributed by atoms with Gasteiger partial charge in [-0.15, -0.1) is 0 Å². The maximum absolute atomic E-state index is 13.2. The predicted octanol–water partition coefficient (Wildman–Crippen LogP) is 0.588. The zero-order valence-electron chi connectivity index (χ0n) is 14.9. The maximum Gasteiger partial charge on any atom is 0.250 e. The SMILES string of the molecule is CCCCN1C(=O)[C@@H]2[C@H]([C@H](C)O)N[C@]3(C(=O)Nc4ccccc43)[C@@H]2C1=O. The lowest BCUT2D eigenvalue weighted by Gasteiger charge is -2.30. The molecule has 5 atom stereocenters. The fourth-order valence-corrected chi connectivity index (χ4v) is 4.70. The van der Waals surface area contributed by atoms with E-state index in [9.17, 15) is 19.5 Å². The lowest BCUT2D eigenvalue weighted by atomic mass is 9.76. The Morgan fingerprint density at radius 1 is 1.23 bits per heavy atom. The Hall–Kier alpha value is -2.25. The second-order valence-corrected chi connectivity index (χ2v) is 7.40. The number of nitrogens with one attached hydrogen (secondary N) is 2. The third kappa shape index (κ3) is 2.04. The lowest BCUT2D eigenvalue weighted by molar-refractivity contribution is -0.143. The van der Waals surface area contributed by atoms with Crippen molar-refractivity contribution < 1.29 is 19.5 Å². The largest absolute Gasteiger partial charge is 0.392 e. The summed E-state index contributed by atoms with van der Waals surface area (Å²) in [4.78, 5) is 40.5. The summed E-state index contributed by atoms with van der Waals surface area (Å²) in [5.74, 6) is -2.53. The van der Waals surface area contributed by atoms with E-state index < -0.39 is 29.5 Å². The summed E-state index contributed by atoms with van der Waals surface area (Å²) in [7, 11) is 0. The smallest absolute Gasteiger partial charge is 0.250 e. The number of likely N-dealkylation sites (tertiary alicyclic amines) is 1. The van der Waals surface area contributed by atoms with Gasteiger partial charge in [0.25, 0.3) is 0 Å². The van der Waals surface area contributed by atoms with Gasteiger partial charge in [-0.05, 0) is 19.4 Å². The zero-order valence-corrected chi connectivity index (χ0v) is 14.9. The fraction of sp³-hybridized carbons (Fsp3) is 0.526. The maximum atomic E-state index is 13.2. The van der Waals surface area contributed by atoms with Gasteiger partial charge < -0.3 is 10.4 Å². The van der Waals surface area contributed by atoms with E-state index in [1.165, 1.54) is 4.90 Å². The van der Waals surface area contributed by atoms with E-state index in [2.05, 4.69) is 10.6 Å². The highest BCUT2D eigenvalue weighted by Crippen LogP contribution is 2.53. The third-order valence-corrected chi connectivity index (χ3v) is 5.90. The van der Waals surface area contributed by atoms with Crippen LogP contribution in [0.2, 0.25) is 0 Å². The van der Waals surface area contributed by atoms with Crippen LogP contribution in [-0.4, -0.2) is 46.4 Å². The first-order valence-corrected chi connectivity index (χ1v) is 9.15. The molecule has 138 valence electrons. The van der Waals surface area contributed by atoms with Gasteiger partial charge in [-0.25, -0.2) is 0 Å².